The van der Waals surface area contributed by atoms with Crippen LogP contribution < -0.4 is 0 Å². The number of aromatic nitrogens is 1. The van der Waals surface area contributed by atoms with Gasteiger partial charge in [0.15, 0.2) is 5.78 Å². The number of ketones is 1. The van der Waals surface area contributed by atoms with Gasteiger partial charge in [-0.25, -0.2) is 0 Å². The van der Waals surface area contributed by atoms with Crippen molar-refractivity contribution < 1.29 is 4.79 Å². The number of aromatic amines is 1. The van der Waals surface area contributed by atoms with Gasteiger partial charge in [-0.2, -0.15) is 0 Å². The molecular weight excluding hydrogens is 226 g/mol. The SMILES string of the molecule is O=C(CN1CCCN2CCCC2C1)c1ccc[nH]1. The molecule has 3 rings (SSSR count). The Morgan fingerprint density at radius 3 is 3.06 bits per heavy atom. The number of Topliss-reactive ketones (excluding diaryl/α,β-unsaturated/α-hetero) is 1. The minimum Gasteiger partial charge on any atom is -0.359 e. The normalized spacial score (nSPS) is 25.9. The van der Waals surface area contributed by atoms with Crippen molar-refractivity contribution >= 4 is 5.78 Å². The maximum Gasteiger partial charge on any atom is 0.192 e. The largest absolute Gasteiger partial charge is 0.359 e. The first-order valence-electron chi connectivity index (χ1n) is 6.96. The van der Waals surface area contributed by atoms with Gasteiger partial charge in [-0.3, -0.25) is 14.6 Å². The average Bonchev–Trinajstić information content (AvgIpc) is 2.99. The Balaban J connectivity index is 1.60. The minimum absolute atomic E-state index is 0.214. The average molecular weight is 247 g/mol. The Hall–Kier alpha value is -1.13. The number of H-pyrrole nitrogens is 1. The number of hydrogen-bond donors (Lipinski definition) is 1. The van der Waals surface area contributed by atoms with E-state index in [1.165, 1.54) is 32.4 Å². The lowest BCUT2D eigenvalue weighted by Crippen LogP contribution is -2.38. The summed E-state index contributed by atoms with van der Waals surface area (Å²) >= 11 is 0. The van der Waals surface area contributed by atoms with Gasteiger partial charge in [-0.05, 0) is 51.0 Å². The van der Waals surface area contributed by atoms with Gasteiger partial charge in [0.05, 0.1) is 12.2 Å². The van der Waals surface area contributed by atoms with Crippen molar-refractivity contribution in [2.75, 3.05) is 32.7 Å². The van der Waals surface area contributed by atoms with Crippen molar-refractivity contribution in [1.29, 1.82) is 0 Å². The molecule has 2 fully saturated rings. The van der Waals surface area contributed by atoms with Crippen LogP contribution in [0.25, 0.3) is 0 Å². The van der Waals surface area contributed by atoms with Crippen molar-refractivity contribution in [1.82, 2.24) is 14.8 Å². The van der Waals surface area contributed by atoms with Gasteiger partial charge < -0.3 is 4.98 Å². The molecule has 1 atom stereocenters. The summed E-state index contributed by atoms with van der Waals surface area (Å²) in [6.45, 7) is 5.14. The van der Waals surface area contributed by atoms with Gasteiger partial charge >= 0.3 is 0 Å². The number of carbonyl (C=O) groups excluding carboxylic acids is 1. The lowest BCUT2D eigenvalue weighted by molar-refractivity contribution is 0.0920. The molecule has 0 amide bonds. The summed E-state index contributed by atoms with van der Waals surface area (Å²) < 4.78 is 0. The maximum absolute atomic E-state index is 12.1. The summed E-state index contributed by atoms with van der Waals surface area (Å²) in [6, 6.07) is 4.43. The summed E-state index contributed by atoms with van der Waals surface area (Å²) in [5.41, 5.74) is 0.738. The Kier molecular flexibility index (Phi) is 3.48. The van der Waals surface area contributed by atoms with Crippen molar-refractivity contribution in [2.24, 2.45) is 0 Å². The third-order valence-electron chi connectivity index (χ3n) is 4.15. The highest BCUT2D eigenvalue weighted by atomic mass is 16.1. The van der Waals surface area contributed by atoms with Crippen molar-refractivity contribution in [3.8, 4) is 0 Å². The molecule has 0 spiro atoms. The summed E-state index contributed by atoms with van der Waals surface area (Å²) in [5, 5.41) is 0. The van der Waals surface area contributed by atoms with E-state index < -0.39 is 0 Å². The lowest BCUT2D eigenvalue weighted by atomic mass is 10.2. The van der Waals surface area contributed by atoms with E-state index in [9.17, 15) is 4.79 Å². The van der Waals surface area contributed by atoms with Crippen molar-refractivity contribution in [3.63, 3.8) is 0 Å². The van der Waals surface area contributed by atoms with Crippen LogP contribution >= 0.6 is 0 Å². The molecule has 1 aromatic heterocycles. The molecule has 1 aromatic rings. The second-order valence-corrected chi connectivity index (χ2v) is 5.43. The van der Waals surface area contributed by atoms with Crippen LogP contribution in [-0.4, -0.2) is 59.3 Å². The fourth-order valence-corrected chi connectivity index (χ4v) is 3.22. The molecule has 4 nitrogen and oxygen atoms in total. The van der Waals surface area contributed by atoms with Crippen LogP contribution in [-0.2, 0) is 0 Å². The summed E-state index contributed by atoms with van der Waals surface area (Å²) in [7, 11) is 0. The molecule has 4 heteroatoms. The van der Waals surface area contributed by atoms with Gasteiger partial charge in [0.1, 0.15) is 0 Å². The van der Waals surface area contributed by atoms with E-state index in [2.05, 4.69) is 14.8 Å². The molecule has 2 saturated heterocycles. The molecule has 0 aliphatic carbocycles. The van der Waals surface area contributed by atoms with Crippen LogP contribution in [0.3, 0.4) is 0 Å². The minimum atomic E-state index is 0.214. The zero-order valence-corrected chi connectivity index (χ0v) is 10.8. The maximum atomic E-state index is 12.1. The lowest BCUT2D eigenvalue weighted by Gasteiger charge is -2.24. The monoisotopic (exact) mass is 247 g/mol. The van der Waals surface area contributed by atoms with Crippen molar-refractivity contribution in [2.45, 2.75) is 25.3 Å². The van der Waals surface area contributed by atoms with E-state index in [0.717, 1.165) is 18.8 Å². The standard InChI is InChI=1S/C14H21N3O/c18-14(13-5-1-6-15-13)11-16-7-3-9-17-8-2-4-12(17)10-16/h1,5-6,12,15H,2-4,7-11H2. The van der Waals surface area contributed by atoms with Gasteiger partial charge in [0.25, 0.3) is 0 Å². The molecule has 2 aliphatic rings. The fraction of sp³-hybridized carbons (Fsp3) is 0.643. The number of carbonyl (C=O) groups is 1. The second-order valence-electron chi connectivity index (χ2n) is 5.43. The molecule has 98 valence electrons. The zero-order chi connectivity index (χ0) is 12.4. The molecule has 0 radical (unpaired) electrons. The van der Waals surface area contributed by atoms with E-state index in [1.807, 2.05) is 18.3 Å². The Morgan fingerprint density at radius 2 is 2.22 bits per heavy atom. The second kappa shape index (κ2) is 5.24. The van der Waals surface area contributed by atoms with Gasteiger partial charge in [0, 0.05) is 18.8 Å². The van der Waals surface area contributed by atoms with E-state index in [1.54, 1.807) is 0 Å². The molecule has 0 saturated carbocycles. The smallest absolute Gasteiger partial charge is 0.192 e. The van der Waals surface area contributed by atoms with Crippen LogP contribution in [0.4, 0.5) is 0 Å². The first-order valence-corrected chi connectivity index (χ1v) is 6.96. The highest BCUT2D eigenvalue weighted by Crippen LogP contribution is 2.21. The third kappa shape index (κ3) is 2.49. The molecular formula is C14H21N3O. The van der Waals surface area contributed by atoms with E-state index >= 15 is 0 Å². The number of hydrogen-bond acceptors (Lipinski definition) is 3. The van der Waals surface area contributed by atoms with Crippen LogP contribution in [0.15, 0.2) is 18.3 Å². The molecule has 2 aliphatic heterocycles. The predicted molar refractivity (Wildman–Crippen MR) is 70.8 cm³/mol. The topological polar surface area (TPSA) is 39.3 Å². The molecule has 0 bridgehead atoms. The highest BCUT2D eigenvalue weighted by molar-refractivity contribution is 5.95. The molecule has 1 N–H and O–H groups in total. The van der Waals surface area contributed by atoms with E-state index in [4.69, 9.17) is 0 Å². The number of nitrogens with zero attached hydrogens (tertiary/aromatic N) is 2. The fourth-order valence-electron chi connectivity index (χ4n) is 3.22. The molecule has 3 heterocycles. The van der Waals surface area contributed by atoms with Crippen molar-refractivity contribution in [3.05, 3.63) is 24.0 Å². The summed E-state index contributed by atoms with van der Waals surface area (Å²) in [4.78, 5) is 20.0. The molecule has 0 aromatic carbocycles. The molecule has 1 unspecified atom stereocenters. The van der Waals surface area contributed by atoms with Gasteiger partial charge in [0.2, 0.25) is 0 Å². The predicted octanol–water partition coefficient (Wildman–Crippen LogP) is 1.37. The third-order valence-corrected chi connectivity index (χ3v) is 4.15. The number of fused-ring (bicyclic) bond motifs is 1. The first-order chi connectivity index (χ1) is 8.83. The van der Waals surface area contributed by atoms with E-state index in [0.29, 0.717) is 12.6 Å². The van der Waals surface area contributed by atoms with E-state index in [-0.39, 0.29) is 5.78 Å². The Labute approximate surface area is 108 Å². The van der Waals surface area contributed by atoms with Crippen LogP contribution in [0.1, 0.15) is 29.8 Å². The summed E-state index contributed by atoms with van der Waals surface area (Å²) in [5.74, 6) is 0.214. The summed E-state index contributed by atoms with van der Waals surface area (Å²) in [6.07, 6.45) is 5.62. The Morgan fingerprint density at radius 1 is 1.33 bits per heavy atom. The van der Waals surface area contributed by atoms with Crippen LogP contribution in [0.2, 0.25) is 0 Å². The number of rotatable bonds is 3. The highest BCUT2D eigenvalue weighted by Gasteiger charge is 2.29. The number of nitrogens with one attached hydrogen (secondary N) is 1. The first kappa shape index (κ1) is 11.9. The van der Waals surface area contributed by atoms with Gasteiger partial charge in [-0.15, -0.1) is 0 Å². The van der Waals surface area contributed by atoms with Crippen LogP contribution in [0, 0.1) is 0 Å². The Bertz CT molecular complexity index is 401. The van der Waals surface area contributed by atoms with Crippen LogP contribution in [0.5, 0.6) is 0 Å². The van der Waals surface area contributed by atoms with Gasteiger partial charge in [-0.1, -0.05) is 0 Å². The zero-order valence-electron chi connectivity index (χ0n) is 10.8. The molecule has 18 heavy (non-hydrogen) atoms. The quantitative estimate of drug-likeness (QED) is 0.820.